The van der Waals surface area contributed by atoms with Crippen LogP contribution in [0.15, 0.2) is 54.6 Å². The number of carbonyl (C=O) groups excluding carboxylic acids is 3. The van der Waals surface area contributed by atoms with E-state index >= 15 is 0 Å². The molecule has 0 heterocycles. The molecule has 0 atom stereocenters. The minimum absolute atomic E-state index is 0.155. The maximum Gasteiger partial charge on any atom is 0.412 e. The number of para-hydroxylation sites is 1. The van der Waals surface area contributed by atoms with E-state index < -0.39 is 30.2 Å². The molecule has 0 saturated carbocycles. The summed E-state index contributed by atoms with van der Waals surface area (Å²) in [4.78, 5) is 37.9. The standard InChI is InChI=1S/C22H23N3O5/c1-22(2,3)30-21(28)24-17-9-7-8-16(14-17)20(27)29-15-19(26)25(13-12-23)18-10-5-4-6-11-18/h4-11,14H,13,15H2,1-3H3,(H,24,28). The summed E-state index contributed by atoms with van der Waals surface area (Å²) < 4.78 is 10.3. The first-order chi connectivity index (χ1) is 14.2. The molecule has 1 N–H and O–H groups in total. The van der Waals surface area contributed by atoms with E-state index in [0.29, 0.717) is 11.4 Å². The highest BCUT2D eigenvalue weighted by atomic mass is 16.6. The van der Waals surface area contributed by atoms with Gasteiger partial charge in [-0.1, -0.05) is 24.3 Å². The Kier molecular flexibility index (Phi) is 7.53. The number of rotatable bonds is 6. The van der Waals surface area contributed by atoms with Gasteiger partial charge in [-0.2, -0.15) is 5.26 Å². The normalized spacial score (nSPS) is 10.5. The highest BCUT2D eigenvalue weighted by Crippen LogP contribution is 2.16. The largest absolute Gasteiger partial charge is 0.452 e. The summed E-state index contributed by atoms with van der Waals surface area (Å²) in [7, 11) is 0. The lowest BCUT2D eigenvalue weighted by atomic mass is 10.2. The monoisotopic (exact) mass is 409 g/mol. The SMILES string of the molecule is CC(C)(C)OC(=O)Nc1cccc(C(=O)OCC(=O)N(CC#N)c2ccccc2)c1. The molecule has 0 bridgehead atoms. The number of hydrogen-bond acceptors (Lipinski definition) is 6. The average Bonchev–Trinajstić information content (AvgIpc) is 2.69. The second-order valence-corrected chi connectivity index (χ2v) is 7.26. The summed E-state index contributed by atoms with van der Waals surface area (Å²) >= 11 is 0. The van der Waals surface area contributed by atoms with Crippen molar-refractivity contribution in [3.63, 3.8) is 0 Å². The maximum atomic E-state index is 12.4. The predicted molar refractivity (Wildman–Crippen MR) is 111 cm³/mol. The molecule has 0 aliphatic heterocycles. The van der Waals surface area contributed by atoms with Crippen molar-refractivity contribution in [2.75, 3.05) is 23.4 Å². The number of nitriles is 1. The Labute approximate surface area is 175 Å². The Morgan fingerprint density at radius 1 is 1.07 bits per heavy atom. The number of anilines is 2. The molecular weight excluding hydrogens is 386 g/mol. The second kappa shape index (κ2) is 10.1. The quantitative estimate of drug-likeness (QED) is 0.575. The second-order valence-electron chi connectivity index (χ2n) is 7.26. The van der Waals surface area contributed by atoms with Crippen LogP contribution < -0.4 is 10.2 Å². The third kappa shape index (κ3) is 6.95. The van der Waals surface area contributed by atoms with Crippen LogP contribution in [0.4, 0.5) is 16.2 Å². The number of esters is 1. The summed E-state index contributed by atoms with van der Waals surface area (Å²) in [6.07, 6.45) is -0.654. The van der Waals surface area contributed by atoms with Crippen LogP contribution in [-0.2, 0) is 14.3 Å². The van der Waals surface area contributed by atoms with Crippen molar-refractivity contribution in [3.05, 3.63) is 60.2 Å². The van der Waals surface area contributed by atoms with E-state index in [0.717, 1.165) is 0 Å². The molecule has 2 rings (SSSR count). The van der Waals surface area contributed by atoms with E-state index in [2.05, 4.69) is 5.32 Å². The summed E-state index contributed by atoms with van der Waals surface area (Å²) in [5.74, 6) is -1.26. The van der Waals surface area contributed by atoms with Gasteiger partial charge < -0.3 is 9.47 Å². The first-order valence-corrected chi connectivity index (χ1v) is 9.19. The highest BCUT2D eigenvalue weighted by Gasteiger charge is 2.19. The molecule has 0 aliphatic rings. The maximum absolute atomic E-state index is 12.4. The van der Waals surface area contributed by atoms with Gasteiger partial charge in [0.2, 0.25) is 0 Å². The van der Waals surface area contributed by atoms with Gasteiger partial charge in [-0.25, -0.2) is 9.59 Å². The van der Waals surface area contributed by atoms with Crippen LogP contribution in [-0.4, -0.2) is 36.7 Å². The third-order valence-electron chi connectivity index (χ3n) is 3.67. The lowest BCUT2D eigenvalue weighted by Crippen LogP contribution is -2.35. The number of hydrogen-bond donors (Lipinski definition) is 1. The van der Waals surface area contributed by atoms with Gasteiger partial charge in [-0.15, -0.1) is 0 Å². The molecule has 30 heavy (non-hydrogen) atoms. The fourth-order valence-electron chi connectivity index (χ4n) is 2.44. The average molecular weight is 409 g/mol. The van der Waals surface area contributed by atoms with Crippen LogP contribution in [0.25, 0.3) is 0 Å². The Balaban J connectivity index is 2.00. The lowest BCUT2D eigenvalue weighted by Gasteiger charge is -2.20. The van der Waals surface area contributed by atoms with E-state index in [4.69, 9.17) is 14.7 Å². The Hall–Kier alpha value is -3.86. The van der Waals surface area contributed by atoms with Gasteiger partial charge in [0.05, 0.1) is 11.6 Å². The molecule has 0 radical (unpaired) electrons. The number of nitrogens with one attached hydrogen (secondary N) is 1. The van der Waals surface area contributed by atoms with E-state index in [9.17, 15) is 14.4 Å². The van der Waals surface area contributed by atoms with E-state index in [1.165, 1.54) is 17.0 Å². The van der Waals surface area contributed by atoms with E-state index in [1.807, 2.05) is 6.07 Å². The number of benzene rings is 2. The van der Waals surface area contributed by atoms with Crippen molar-refractivity contribution in [1.29, 1.82) is 5.26 Å². The van der Waals surface area contributed by atoms with Gasteiger partial charge in [0.25, 0.3) is 5.91 Å². The molecule has 2 aromatic carbocycles. The molecule has 0 aromatic heterocycles. The Morgan fingerprint density at radius 3 is 2.40 bits per heavy atom. The van der Waals surface area contributed by atoms with Gasteiger partial charge in [0.15, 0.2) is 6.61 Å². The van der Waals surface area contributed by atoms with Gasteiger partial charge in [-0.3, -0.25) is 15.0 Å². The van der Waals surface area contributed by atoms with Crippen LogP contribution in [0.5, 0.6) is 0 Å². The molecule has 0 spiro atoms. The van der Waals surface area contributed by atoms with Crippen molar-refractivity contribution in [3.8, 4) is 6.07 Å². The van der Waals surface area contributed by atoms with Crippen LogP contribution >= 0.6 is 0 Å². The first kappa shape index (κ1) is 22.4. The van der Waals surface area contributed by atoms with Crippen LogP contribution in [0.1, 0.15) is 31.1 Å². The molecular formula is C22H23N3O5. The zero-order valence-electron chi connectivity index (χ0n) is 17.0. The zero-order chi connectivity index (χ0) is 22.1. The Bertz CT molecular complexity index is 945. The lowest BCUT2D eigenvalue weighted by molar-refractivity contribution is -0.121. The smallest absolute Gasteiger partial charge is 0.412 e. The summed E-state index contributed by atoms with van der Waals surface area (Å²) in [6, 6.07) is 16.6. The van der Waals surface area contributed by atoms with Crippen LogP contribution in [0, 0.1) is 11.3 Å². The van der Waals surface area contributed by atoms with Crippen molar-refractivity contribution in [2.24, 2.45) is 0 Å². The van der Waals surface area contributed by atoms with Crippen molar-refractivity contribution >= 4 is 29.3 Å². The highest BCUT2D eigenvalue weighted by molar-refractivity contribution is 5.98. The molecule has 0 aliphatic carbocycles. The number of carbonyl (C=O) groups is 3. The molecule has 0 fully saturated rings. The summed E-state index contributed by atoms with van der Waals surface area (Å²) in [6.45, 7) is 4.52. The Morgan fingerprint density at radius 2 is 1.77 bits per heavy atom. The van der Waals surface area contributed by atoms with Crippen LogP contribution in [0.2, 0.25) is 0 Å². The number of nitrogens with zero attached hydrogens (tertiary/aromatic N) is 2. The predicted octanol–water partition coefficient (Wildman–Crippen LogP) is 3.75. The minimum atomic E-state index is -0.735. The first-order valence-electron chi connectivity index (χ1n) is 9.19. The molecule has 8 nitrogen and oxygen atoms in total. The molecule has 156 valence electrons. The third-order valence-corrected chi connectivity index (χ3v) is 3.67. The van der Waals surface area contributed by atoms with Crippen molar-refractivity contribution in [2.45, 2.75) is 26.4 Å². The molecule has 0 unspecified atom stereocenters. The van der Waals surface area contributed by atoms with Crippen molar-refractivity contribution < 1.29 is 23.9 Å². The van der Waals surface area contributed by atoms with Gasteiger partial charge in [0, 0.05) is 11.4 Å². The summed E-state index contributed by atoms with van der Waals surface area (Å²) in [5.41, 5.74) is 0.377. The minimum Gasteiger partial charge on any atom is -0.452 e. The van der Waals surface area contributed by atoms with Gasteiger partial charge >= 0.3 is 12.1 Å². The number of ether oxygens (including phenoxy) is 2. The van der Waals surface area contributed by atoms with Crippen molar-refractivity contribution in [1.82, 2.24) is 0 Å². The molecule has 8 heteroatoms. The molecule has 2 aromatic rings. The zero-order valence-corrected chi connectivity index (χ0v) is 17.0. The fourth-order valence-corrected chi connectivity index (χ4v) is 2.44. The topological polar surface area (TPSA) is 109 Å². The number of amides is 2. The van der Waals surface area contributed by atoms with Crippen LogP contribution in [0.3, 0.4) is 0 Å². The van der Waals surface area contributed by atoms with E-state index in [-0.39, 0.29) is 12.1 Å². The molecule has 2 amide bonds. The molecule has 0 saturated heterocycles. The fraction of sp³-hybridized carbons (Fsp3) is 0.273. The van der Waals surface area contributed by atoms with Gasteiger partial charge in [-0.05, 0) is 51.1 Å². The van der Waals surface area contributed by atoms with Gasteiger partial charge in [0.1, 0.15) is 12.1 Å². The van der Waals surface area contributed by atoms with E-state index in [1.54, 1.807) is 63.2 Å². The summed E-state index contributed by atoms with van der Waals surface area (Å²) in [5, 5.41) is 11.5.